The summed E-state index contributed by atoms with van der Waals surface area (Å²) in [5, 5.41) is 5.60. The number of halogens is 2. The molecular formula is C23H21F2N3S. The molecule has 0 saturated heterocycles. The summed E-state index contributed by atoms with van der Waals surface area (Å²) >= 11 is 0. The third-order valence-corrected chi connectivity index (χ3v) is 6.80. The van der Waals surface area contributed by atoms with E-state index in [1.165, 1.54) is 29.6 Å². The van der Waals surface area contributed by atoms with Gasteiger partial charge < -0.3 is 5.32 Å². The van der Waals surface area contributed by atoms with Gasteiger partial charge in [-0.25, -0.2) is 18.7 Å². The van der Waals surface area contributed by atoms with Gasteiger partial charge in [-0.15, -0.1) is 0 Å². The summed E-state index contributed by atoms with van der Waals surface area (Å²) < 4.78 is 28.5. The molecule has 5 rings (SSSR count). The molecule has 1 unspecified atom stereocenters. The summed E-state index contributed by atoms with van der Waals surface area (Å²) in [5.74, 6) is 2.83. The molecule has 0 spiro atoms. The van der Waals surface area contributed by atoms with E-state index in [9.17, 15) is 8.78 Å². The number of anilines is 2. The number of aryl methyl sites for hydroxylation is 2. The maximum absolute atomic E-state index is 14.6. The lowest BCUT2D eigenvalue weighted by atomic mass is 9.95. The monoisotopic (exact) mass is 409 g/mol. The van der Waals surface area contributed by atoms with E-state index in [0.717, 1.165) is 47.7 Å². The number of nitrogens with one attached hydrogen (secondary N) is 1. The number of benzene rings is 1. The van der Waals surface area contributed by atoms with Gasteiger partial charge in [0, 0.05) is 22.8 Å². The zero-order valence-corrected chi connectivity index (χ0v) is 16.7. The van der Waals surface area contributed by atoms with Crippen molar-refractivity contribution in [2.75, 3.05) is 11.1 Å². The van der Waals surface area contributed by atoms with Crippen molar-refractivity contribution in [1.29, 1.82) is 0 Å². The first-order valence-corrected chi connectivity index (χ1v) is 11.5. The Labute approximate surface area is 171 Å². The van der Waals surface area contributed by atoms with Crippen molar-refractivity contribution < 1.29 is 8.78 Å². The summed E-state index contributed by atoms with van der Waals surface area (Å²) in [6.07, 6.45) is 4.62. The molecule has 4 bridgehead atoms. The Bertz CT molecular complexity index is 1130. The molecule has 4 heterocycles. The molecule has 148 valence electrons. The van der Waals surface area contributed by atoms with E-state index < -0.39 is 5.82 Å². The fourth-order valence-corrected chi connectivity index (χ4v) is 5.02. The number of hydrogen-bond acceptors (Lipinski definition) is 3. The molecule has 0 saturated carbocycles. The number of hydrogen-bond donors (Lipinski definition) is 1. The third kappa shape index (κ3) is 4.22. The van der Waals surface area contributed by atoms with Crippen molar-refractivity contribution in [3.8, 4) is 11.1 Å². The van der Waals surface area contributed by atoms with Crippen LogP contribution in [0.15, 0.2) is 42.6 Å². The predicted octanol–water partition coefficient (Wildman–Crippen LogP) is 5.63. The SMILES string of the molecule is Fc1ccc2c(c1)CCCCc1cc(CS3=CC3)cc(n1)Nc1cc-2c(F)cn1. The van der Waals surface area contributed by atoms with Crippen LogP contribution in [0.1, 0.15) is 29.7 Å². The fourth-order valence-electron chi connectivity index (χ4n) is 3.80. The van der Waals surface area contributed by atoms with Crippen LogP contribution in [0, 0.1) is 11.6 Å². The molecule has 3 aromatic rings. The van der Waals surface area contributed by atoms with Gasteiger partial charge in [0.25, 0.3) is 0 Å². The molecule has 1 aromatic carbocycles. The topological polar surface area (TPSA) is 37.8 Å². The Balaban J connectivity index is 1.58. The minimum atomic E-state index is -0.411. The highest BCUT2D eigenvalue weighted by Gasteiger charge is 2.15. The van der Waals surface area contributed by atoms with Gasteiger partial charge in [0.05, 0.1) is 6.20 Å². The molecule has 1 atom stereocenters. The minimum Gasteiger partial charge on any atom is -0.325 e. The van der Waals surface area contributed by atoms with Gasteiger partial charge in [-0.1, -0.05) is 11.4 Å². The molecule has 2 aliphatic heterocycles. The first-order valence-electron chi connectivity index (χ1n) is 9.85. The van der Waals surface area contributed by atoms with Crippen LogP contribution in [-0.2, 0) is 18.6 Å². The minimum absolute atomic E-state index is 0.295. The maximum atomic E-state index is 14.6. The third-order valence-electron chi connectivity index (χ3n) is 5.29. The Kier molecular flexibility index (Phi) is 4.87. The molecule has 3 nitrogen and oxygen atoms in total. The van der Waals surface area contributed by atoms with Crippen LogP contribution < -0.4 is 5.32 Å². The highest BCUT2D eigenvalue weighted by molar-refractivity contribution is 8.22. The summed E-state index contributed by atoms with van der Waals surface area (Å²) in [6, 6.07) is 10.5. The zero-order chi connectivity index (χ0) is 19.8. The lowest BCUT2D eigenvalue weighted by molar-refractivity contribution is 0.619. The highest BCUT2D eigenvalue weighted by atomic mass is 32.2. The van der Waals surface area contributed by atoms with Crippen molar-refractivity contribution in [2.45, 2.75) is 31.4 Å². The van der Waals surface area contributed by atoms with Crippen LogP contribution in [0.25, 0.3) is 11.1 Å². The highest BCUT2D eigenvalue weighted by Crippen LogP contribution is 2.32. The van der Waals surface area contributed by atoms with Gasteiger partial charge in [0.2, 0.25) is 0 Å². The van der Waals surface area contributed by atoms with Crippen LogP contribution in [0.5, 0.6) is 0 Å². The number of pyridine rings is 2. The van der Waals surface area contributed by atoms with E-state index >= 15 is 0 Å². The van der Waals surface area contributed by atoms with Crippen LogP contribution in [0.2, 0.25) is 0 Å². The summed E-state index contributed by atoms with van der Waals surface area (Å²) in [6.45, 7) is 0. The molecule has 0 aliphatic carbocycles. The Morgan fingerprint density at radius 3 is 2.69 bits per heavy atom. The second-order valence-electron chi connectivity index (χ2n) is 7.55. The maximum Gasteiger partial charge on any atom is 0.149 e. The molecule has 1 N–H and O–H groups in total. The number of nitrogens with zero attached hydrogens (tertiary/aromatic N) is 2. The summed E-state index contributed by atoms with van der Waals surface area (Å²) in [7, 11) is 0.406. The van der Waals surface area contributed by atoms with E-state index in [1.807, 2.05) is 0 Å². The van der Waals surface area contributed by atoms with Gasteiger partial charge in [-0.05, 0) is 72.7 Å². The largest absolute Gasteiger partial charge is 0.325 e. The van der Waals surface area contributed by atoms with Crippen LogP contribution >= 0.6 is 10.5 Å². The van der Waals surface area contributed by atoms with Gasteiger partial charge in [0.15, 0.2) is 0 Å². The van der Waals surface area contributed by atoms with Crippen LogP contribution in [0.3, 0.4) is 0 Å². The van der Waals surface area contributed by atoms with E-state index in [1.54, 1.807) is 12.1 Å². The molecular weight excluding hydrogens is 388 g/mol. The number of fused-ring (bicyclic) bond motifs is 6. The fraction of sp³-hybridized carbons (Fsp3) is 0.261. The summed E-state index contributed by atoms with van der Waals surface area (Å²) in [5.41, 5.74) is 4.31. The van der Waals surface area contributed by atoms with Crippen molar-refractivity contribution in [1.82, 2.24) is 9.97 Å². The van der Waals surface area contributed by atoms with Crippen LogP contribution in [0.4, 0.5) is 20.4 Å². The van der Waals surface area contributed by atoms with E-state index in [4.69, 9.17) is 4.98 Å². The van der Waals surface area contributed by atoms with Crippen molar-refractivity contribution in [3.63, 3.8) is 0 Å². The summed E-state index contributed by atoms with van der Waals surface area (Å²) in [4.78, 5) is 8.95. The molecule has 0 amide bonds. The Morgan fingerprint density at radius 2 is 1.83 bits per heavy atom. The Hall–Kier alpha value is -2.60. The van der Waals surface area contributed by atoms with Crippen molar-refractivity contribution in [2.24, 2.45) is 0 Å². The molecule has 6 heteroatoms. The molecule has 0 radical (unpaired) electrons. The molecule has 0 fully saturated rings. The average molecular weight is 410 g/mol. The molecule has 2 aromatic heterocycles. The quantitative estimate of drug-likeness (QED) is 0.558. The second-order valence-corrected chi connectivity index (χ2v) is 9.58. The second kappa shape index (κ2) is 7.67. The lowest BCUT2D eigenvalue weighted by Crippen LogP contribution is -2.01. The van der Waals surface area contributed by atoms with E-state index in [0.29, 0.717) is 28.3 Å². The predicted molar refractivity (Wildman–Crippen MR) is 116 cm³/mol. The van der Waals surface area contributed by atoms with E-state index in [2.05, 4.69) is 27.8 Å². The van der Waals surface area contributed by atoms with Crippen molar-refractivity contribution >= 4 is 27.5 Å². The standard InChI is InChI=1S/C23H21F2N3S/c24-17-5-6-19-16(11-17)3-1-2-4-18-9-15(14-29-7-8-29)10-23(27-18)28-22-12-20(19)21(25)13-26-22/h5-7,9-13H,1-4,8,14H2,(H,26,27,28). The normalized spacial score (nSPS) is 17.7. The van der Waals surface area contributed by atoms with Gasteiger partial charge in [0.1, 0.15) is 23.3 Å². The van der Waals surface area contributed by atoms with Crippen LogP contribution in [-0.4, -0.2) is 21.1 Å². The average Bonchev–Trinajstić information content (AvgIpc) is 3.50. The molecule has 2 aliphatic rings. The number of rotatable bonds is 2. The van der Waals surface area contributed by atoms with Crippen molar-refractivity contribution in [3.05, 3.63) is 71.1 Å². The van der Waals surface area contributed by atoms with E-state index in [-0.39, 0.29) is 5.82 Å². The lowest BCUT2D eigenvalue weighted by Gasteiger charge is -2.12. The van der Waals surface area contributed by atoms with Gasteiger partial charge in [-0.3, -0.25) is 0 Å². The first kappa shape index (κ1) is 18.4. The smallest absolute Gasteiger partial charge is 0.149 e. The first-order chi connectivity index (χ1) is 14.1. The van der Waals surface area contributed by atoms with Gasteiger partial charge in [-0.2, -0.15) is 10.5 Å². The number of aromatic nitrogens is 2. The zero-order valence-electron chi connectivity index (χ0n) is 15.9. The van der Waals surface area contributed by atoms with Gasteiger partial charge >= 0.3 is 0 Å². The Morgan fingerprint density at radius 1 is 0.966 bits per heavy atom. The molecule has 29 heavy (non-hydrogen) atoms.